The van der Waals surface area contributed by atoms with E-state index in [1.807, 2.05) is 0 Å². The van der Waals surface area contributed by atoms with Crippen molar-refractivity contribution in [2.45, 2.75) is 6.54 Å². The monoisotopic (exact) mass is 341 g/mol. The zero-order valence-corrected chi connectivity index (χ0v) is 13.8. The van der Waals surface area contributed by atoms with Crippen LogP contribution in [0.15, 0.2) is 42.7 Å². The Morgan fingerprint density at radius 2 is 2.12 bits per heavy atom. The van der Waals surface area contributed by atoms with E-state index in [1.165, 1.54) is 6.07 Å². The third-order valence-electron chi connectivity index (χ3n) is 5.21. The number of nitrogens with one attached hydrogen (secondary N) is 2. The number of benzene rings is 1. The Morgan fingerprint density at radius 1 is 1.32 bits per heavy atom. The molecule has 3 heterocycles. The quantitative estimate of drug-likeness (QED) is 0.867. The summed E-state index contributed by atoms with van der Waals surface area (Å²) in [5.74, 6) is 0.506. The molecule has 1 aromatic carbocycles. The number of hydrogen-bond donors (Lipinski definition) is 2. The second-order valence-electron chi connectivity index (χ2n) is 6.69. The van der Waals surface area contributed by atoms with Gasteiger partial charge < -0.3 is 15.5 Å². The minimum Gasteiger partial charge on any atom is -0.351 e. The van der Waals surface area contributed by atoms with Gasteiger partial charge in [0.2, 0.25) is 11.9 Å². The van der Waals surface area contributed by atoms with E-state index in [4.69, 9.17) is 0 Å². The van der Waals surface area contributed by atoms with Crippen LogP contribution in [-0.2, 0) is 11.3 Å². The van der Waals surface area contributed by atoms with E-state index in [9.17, 15) is 9.18 Å². The predicted octanol–water partition coefficient (Wildman–Crippen LogP) is 0.958. The Bertz CT molecular complexity index is 771. The number of carbonyl (C=O) groups excluding carboxylic acids is 1. The zero-order chi connectivity index (χ0) is 17.3. The summed E-state index contributed by atoms with van der Waals surface area (Å²) in [4.78, 5) is 23.6. The lowest BCUT2D eigenvalue weighted by molar-refractivity contribution is -0.130. The Hall–Kier alpha value is -2.54. The van der Waals surface area contributed by atoms with Gasteiger partial charge in [-0.2, -0.15) is 0 Å². The van der Waals surface area contributed by atoms with E-state index in [0.717, 1.165) is 13.1 Å². The Morgan fingerprint density at radius 3 is 2.92 bits per heavy atom. The lowest BCUT2D eigenvalue weighted by Gasteiger charge is -2.26. The van der Waals surface area contributed by atoms with Crippen LogP contribution < -0.4 is 15.5 Å². The highest BCUT2D eigenvalue weighted by molar-refractivity contribution is 5.85. The summed E-state index contributed by atoms with van der Waals surface area (Å²) in [6, 6.07) is 8.29. The second kappa shape index (κ2) is 6.40. The van der Waals surface area contributed by atoms with Crippen LogP contribution in [0.2, 0.25) is 0 Å². The fourth-order valence-corrected chi connectivity index (χ4v) is 3.84. The summed E-state index contributed by atoms with van der Waals surface area (Å²) in [7, 11) is 0. The maximum Gasteiger partial charge on any atom is 0.229 e. The molecule has 2 N–H and O–H groups in total. The maximum absolute atomic E-state index is 13.8. The van der Waals surface area contributed by atoms with Crippen LogP contribution in [0.5, 0.6) is 0 Å². The van der Waals surface area contributed by atoms with Crippen molar-refractivity contribution in [1.29, 1.82) is 0 Å². The van der Waals surface area contributed by atoms with Gasteiger partial charge in [-0.05, 0) is 12.1 Å². The molecule has 0 unspecified atom stereocenters. The molecule has 4 rings (SSSR count). The van der Waals surface area contributed by atoms with Gasteiger partial charge in [-0.15, -0.1) is 0 Å². The highest BCUT2D eigenvalue weighted by Gasteiger charge is 2.55. The summed E-state index contributed by atoms with van der Waals surface area (Å²) >= 11 is 0. The summed E-state index contributed by atoms with van der Waals surface area (Å²) in [5.41, 5.74) is -0.0271. The molecule has 2 aliphatic heterocycles. The average Bonchev–Trinajstić information content (AvgIpc) is 3.20. The van der Waals surface area contributed by atoms with Gasteiger partial charge >= 0.3 is 0 Å². The molecule has 1 aromatic heterocycles. The van der Waals surface area contributed by atoms with Crippen molar-refractivity contribution in [3.8, 4) is 0 Å². The Balaban J connectivity index is 1.49. The summed E-state index contributed by atoms with van der Waals surface area (Å²) in [5, 5.41) is 6.25. The molecule has 2 aliphatic rings. The van der Waals surface area contributed by atoms with Crippen molar-refractivity contribution in [1.82, 2.24) is 20.6 Å². The summed E-state index contributed by atoms with van der Waals surface area (Å²) in [6.45, 7) is 2.91. The number of anilines is 1. The molecule has 2 aromatic rings. The van der Waals surface area contributed by atoms with Crippen LogP contribution in [0.4, 0.5) is 10.3 Å². The second-order valence-corrected chi connectivity index (χ2v) is 6.69. The minimum absolute atomic E-state index is 0.0378. The standard InChI is InChI=1S/C18H20FN5O/c19-15-5-2-1-4-13(15)8-23-16(25)18-11-20-9-14(18)10-24(12-18)17-21-6-3-7-22-17/h1-7,14,20H,8-12H2,(H,23,25)/t14-,18-/m1/s1. The van der Waals surface area contributed by atoms with Gasteiger partial charge in [-0.3, -0.25) is 4.79 Å². The Labute approximate surface area is 145 Å². The highest BCUT2D eigenvalue weighted by Crippen LogP contribution is 2.40. The van der Waals surface area contributed by atoms with E-state index in [2.05, 4.69) is 25.5 Å². The fraction of sp³-hybridized carbons (Fsp3) is 0.389. The number of halogens is 1. The van der Waals surface area contributed by atoms with E-state index >= 15 is 0 Å². The number of aromatic nitrogens is 2. The molecule has 0 aliphatic carbocycles. The summed E-state index contributed by atoms with van der Waals surface area (Å²) < 4.78 is 13.8. The first-order valence-corrected chi connectivity index (χ1v) is 8.43. The largest absolute Gasteiger partial charge is 0.351 e. The molecule has 7 heteroatoms. The molecule has 130 valence electrons. The fourth-order valence-electron chi connectivity index (χ4n) is 3.84. The van der Waals surface area contributed by atoms with E-state index in [1.54, 1.807) is 36.7 Å². The summed E-state index contributed by atoms with van der Waals surface area (Å²) in [6.07, 6.45) is 3.42. The van der Waals surface area contributed by atoms with Crippen LogP contribution >= 0.6 is 0 Å². The van der Waals surface area contributed by atoms with Crippen LogP contribution in [0.25, 0.3) is 0 Å². The lowest BCUT2D eigenvalue weighted by Crippen LogP contribution is -2.47. The third-order valence-corrected chi connectivity index (χ3v) is 5.21. The number of rotatable bonds is 4. The van der Waals surface area contributed by atoms with Gasteiger partial charge in [0.05, 0.1) is 5.41 Å². The van der Waals surface area contributed by atoms with Gasteiger partial charge in [0.25, 0.3) is 0 Å². The average molecular weight is 341 g/mol. The molecule has 0 saturated carbocycles. The molecule has 0 bridgehead atoms. The number of hydrogen-bond acceptors (Lipinski definition) is 5. The van der Waals surface area contributed by atoms with Gasteiger partial charge in [0.15, 0.2) is 0 Å². The molecular weight excluding hydrogens is 321 g/mol. The molecular formula is C18H20FN5O. The lowest BCUT2D eigenvalue weighted by atomic mass is 9.80. The van der Waals surface area contributed by atoms with Gasteiger partial charge in [-0.1, -0.05) is 18.2 Å². The molecule has 2 fully saturated rings. The van der Waals surface area contributed by atoms with Crippen LogP contribution in [0, 0.1) is 17.2 Å². The normalized spacial score (nSPS) is 25.0. The topological polar surface area (TPSA) is 70.2 Å². The van der Waals surface area contributed by atoms with Crippen molar-refractivity contribution in [2.24, 2.45) is 11.3 Å². The number of amides is 1. The van der Waals surface area contributed by atoms with Crippen LogP contribution in [0.1, 0.15) is 5.56 Å². The predicted molar refractivity (Wildman–Crippen MR) is 91.3 cm³/mol. The van der Waals surface area contributed by atoms with Crippen molar-refractivity contribution < 1.29 is 9.18 Å². The Kier molecular flexibility index (Phi) is 4.09. The van der Waals surface area contributed by atoms with Crippen LogP contribution in [-0.4, -0.2) is 42.1 Å². The molecule has 0 spiro atoms. The SMILES string of the molecule is O=C(NCc1ccccc1F)[C@@]12CNC[C@@H]1CN(c1ncccn1)C2. The maximum atomic E-state index is 13.8. The number of nitrogens with zero attached hydrogens (tertiary/aromatic N) is 3. The van der Waals surface area contributed by atoms with Gasteiger partial charge in [0.1, 0.15) is 5.82 Å². The first-order chi connectivity index (χ1) is 12.2. The van der Waals surface area contributed by atoms with Crippen LogP contribution in [0.3, 0.4) is 0 Å². The first-order valence-electron chi connectivity index (χ1n) is 8.43. The molecule has 2 atom stereocenters. The zero-order valence-electron chi connectivity index (χ0n) is 13.8. The number of carbonyl (C=O) groups is 1. The van der Waals surface area contributed by atoms with Crippen molar-refractivity contribution >= 4 is 11.9 Å². The van der Waals surface area contributed by atoms with Crippen molar-refractivity contribution in [3.05, 3.63) is 54.1 Å². The van der Waals surface area contributed by atoms with E-state index in [0.29, 0.717) is 24.6 Å². The molecule has 2 saturated heterocycles. The third kappa shape index (κ3) is 2.84. The van der Waals surface area contributed by atoms with Gasteiger partial charge in [0, 0.05) is 56.6 Å². The van der Waals surface area contributed by atoms with Gasteiger partial charge in [-0.25, -0.2) is 14.4 Å². The molecule has 25 heavy (non-hydrogen) atoms. The minimum atomic E-state index is -0.523. The highest BCUT2D eigenvalue weighted by atomic mass is 19.1. The molecule has 6 nitrogen and oxygen atoms in total. The number of fused-ring (bicyclic) bond motifs is 1. The van der Waals surface area contributed by atoms with Crippen molar-refractivity contribution in [2.75, 3.05) is 31.1 Å². The van der Waals surface area contributed by atoms with E-state index < -0.39 is 5.41 Å². The molecule has 1 amide bonds. The van der Waals surface area contributed by atoms with E-state index in [-0.39, 0.29) is 24.2 Å². The van der Waals surface area contributed by atoms with Crippen molar-refractivity contribution in [3.63, 3.8) is 0 Å². The smallest absolute Gasteiger partial charge is 0.229 e. The molecule has 0 radical (unpaired) electrons. The first kappa shape index (κ1) is 16.0.